The lowest BCUT2D eigenvalue weighted by molar-refractivity contribution is 0.0922. The summed E-state index contributed by atoms with van der Waals surface area (Å²) < 4.78 is 1.61. The van der Waals surface area contributed by atoms with Crippen LogP contribution in [0.15, 0.2) is 36.5 Å². The van der Waals surface area contributed by atoms with Crippen LogP contribution in [-0.2, 0) is 0 Å². The van der Waals surface area contributed by atoms with Gasteiger partial charge in [0.1, 0.15) is 0 Å². The predicted molar refractivity (Wildman–Crippen MR) is 105 cm³/mol. The SMILES string of the molecule is CC(C)c1nnnn1-c1cc(C(=O)N[C@@H](C)CO)cc(-c2ccc(Cl)cn2)c1. The van der Waals surface area contributed by atoms with Gasteiger partial charge < -0.3 is 10.4 Å². The standard InChI is InChI=1S/C19H21ClN6O2/c1-11(2)18-23-24-25-26(18)16-7-13(17-5-4-15(20)9-21-17)6-14(8-16)19(28)22-12(3)10-27/h4-9,11-12,27H,10H2,1-3H3,(H,22,28)/t12-/m0/s1. The molecule has 3 aromatic rings. The van der Waals surface area contributed by atoms with Crippen molar-refractivity contribution in [2.24, 2.45) is 0 Å². The van der Waals surface area contributed by atoms with Gasteiger partial charge in [-0.2, -0.15) is 4.68 Å². The van der Waals surface area contributed by atoms with Crippen LogP contribution in [-0.4, -0.2) is 48.9 Å². The van der Waals surface area contributed by atoms with Gasteiger partial charge >= 0.3 is 0 Å². The highest BCUT2D eigenvalue weighted by Gasteiger charge is 2.17. The zero-order valence-corrected chi connectivity index (χ0v) is 16.6. The van der Waals surface area contributed by atoms with Gasteiger partial charge in [-0.15, -0.1) is 5.10 Å². The second-order valence-electron chi connectivity index (χ2n) is 6.79. The number of amides is 1. The Hall–Kier alpha value is -2.84. The molecule has 0 saturated heterocycles. The first-order valence-corrected chi connectivity index (χ1v) is 9.24. The Balaban J connectivity index is 2.12. The zero-order chi connectivity index (χ0) is 20.3. The molecule has 8 nitrogen and oxygen atoms in total. The van der Waals surface area contributed by atoms with Gasteiger partial charge in [0.2, 0.25) is 0 Å². The number of pyridine rings is 1. The molecule has 0 radical (unpaired) electrons. The molecule has 0 fully saturated rings. The molecule has 2 heterocycles. The third-order valence-electron chi connectivity index (χ3n) is 4.11. The maximum absolute atomic E-state index is 12.7. The van der Waals surface area contributed by atoms with Gasteiger partial charge in [0, 0.05) is 29.3 Å². The molecule has 2 aromatic heterocycles. The molecule has 1 atom stereocenters. The first kappa shape index (κ1) is 19.9. The number of benzene rings is 1. The van der Waals surface area contributed by atoms with Gasteiger partial charge in [0.15, 0.2) is 5.82 Å². The van der Waals surface area contributed by atoms with Crippen LogP contribution >= 0.6 is 11.6 Å². The van der Waals surface area contributed by atoms with E-state index < -0.39 is 0 Å². The van der Waals surface area contributed by atoms with Crippen LogP contribution in [0.2, 0.25) is 5.02 Å². The summed E-state index contributed by atoms with van der Waals surface area (Å²) >= 11 is 5.94. The van der Waals surface area contributed by atoms with Crippen molar-refractivity contribution >= 4 is 17.5 Å². The molecule has 0 bridgehead atoms. The lowest BCUT2D eigenvalue weighted by atomic mass is 10.0. The molecule has 0 aliphatic carbocycles. The number of hydrogen-bond donors (Lipinski definition) is 2. The molecule has 1 amide bonds. The van der Waals surface area contributed by atoms with Crippen LogP contribution in [0.1, 0.15) is 42.9 Å². The van der Waals surface area contributed by atoms with E-state index in [0.717, 1.165) is 5.56 Å². The van der Waals surface area contributed by atoms with Gasteiger partial charge in [-0.25, -0.2) is 0 Å². The number of nitrogens with one attached hydrogen (secondary N) is 1. The van der Waals surface area contributed by atoms with Crippen LogP contribution in [0.3, 0.4) is 0 Å². The maximum Gasteiger partial charge on any atom is 0.251 e. The highest BCUT2D eigenvalue weighted by Crippen LogP contribution is 2.25. The Bertz CT molecular complexity index is 971. The summed E-state index contributed by atoms with van der Waals surface area (Å²) in [5.74, 6) is 0.466. The number of aliphatic hydroxyl groups is 1. The van der Waals surface area contributed by atoms with Crippen molar-refractivity contribution < 1.29 is 9.90 Å². The molecular formula is C19H21ClN6O2. The molecule has 28 heavy (non-hydrogen) atoms. The normalized spacial score (nSPS) is 12.2. The number of tetrazole rings is 1. The van der Waals surface area contributed by atoms with E-state index in [2.05, 4.69) is 25.8 Å². The van der Waals surface area contributed by atoms with Crippen LogP contribution in [0, 0.1) is 0 Å². The highest BCUT2D eigenvalue weighted by molar-refractivity contribution is 6.30. The Kier molecular flexibility index (Phi) is 6.01. The monoisotopic (exact) mass is 400 g/mol. The topological polar surface area (TPSA) is 106 Å². The lowest BCUT2D eigenvalue weighted by Gasteiger charge is -2.14. The number of aliphatic hydroxyl groups excluding tert-OH is 1. The fraction of sp³-hybridized carbons (Fsp3) is 0.316. The van der Waals surface area contributed by atoms with E-state index in [-0.39, 0.29) is 24.5 Å². The number of hydrogen-bond acceptors (Lipinski definition) is 6. The Morgan fingerprint density at radius 2 is 2.04 bits per heavy atom. The highest BCUT2D eigenvalue weighted by atomic mass is 35.5. The maximum atomic E-state index is 12.7. The zero-order valence-electron chi connectivity index (χ0n) is 15.8. The number of aromatic nitrogens is 5. The Labute approximate surface area is 167 Å². The van der Waals surface area contributed by atoms with Crippen LogP contribution in [0.5, 0.6) is 0 Å². The van der Waals surface area contributed by atoms with E-state index in [1.165, 1.54) is 0 Å². The van der Waals surface area contributed by atoms with Gasteiger partial charge in [0.05, 0.1) is 23.0 Å². The number of halogens is 1. The quantitative estimate of drug-likeness (QED) is 0.658. The third-order valence-corrected chi connectivity index (χ3v) is 4.33. The van der Waals surface area contributed by atoms with Crippen molar-refractivity contribution in [1.82, 2.24) is 30.5 Å². The molecule has 9 heteroatoms. The second-order valence-corrected chi connectivity index (χ2v) is 7.23. The number of carbonyl (C=O) groups excluding carboxylic acids is 1. The minimum absolute atomic E-state index is 0.0963. The minimum atomic E-state index is -0.368. The van der Waals surface area contributed by atoms with E-state index in [1.807, 2.05) is 19.9 Å². The largest absolute Gasteiger partial charge is 0.394 e. The first-order valence-electron chi connectivity index (χ1n) is 8.86. The van der Waals surface area contributed by atoms with Crippen molar-refractivity contribution in [3.05, 3.63) is 52.9 Å². The average molecular weight is 401 g/mol. The summed E-state index contributed by atoms with van der Waals surface area (Å²) in [5, 5.41) is 24.4. The smallest absolute Gasteiger partial charge is 0.251 e. The molecule has 0 saturated carbocycles. The van der Waals surface area contributed by atoms with E-state index >= 15 is 0 Å². The van der Waals surface area contributed by atoms with E-state index in [4.69, 9.17) is 11.6 Å². The summed E-state index contributed by atoms with van der Waals surface area (Å²) in [6, 6.07) is 8.46. The molecule has 2 N–H and O–H groups in total. The molecule has 1 aromatic carbocycles. The van der Waals surface area contributed by atoms with Crippen molar-refractivity contribution in [2.45, 2.75) is 32.7 Å². The summed E-state index contributed by atoms with van der Waals surface area (Å²) in [6.45, 7) is 5.55. The van der Waals surface area contributed by atoms with Crippen molar-refractivity contribution in [3.8, 4) is 16.9 Å². The van der Waals surface area contributed by atoms with Crippen molar-refractivity contribution in [1.29, 1.82) is 0 Å². The second kappa shape index (κ2) is 8.45. The summed E-state index contributed by atoms with van der Waals surface area (Å²) in [6.07, 6.45) is 1.55. The Morgan fingerprint density at radius 1 is 1.25 bits per heavy atom. The van der Waals surface area contributed by atoms with Gasteiger partial charge in [-0.3, -0.25) is 9.78 Å². The number of nitrogens with zero attached hydrogens (tertiary/aromatic N) is 5. The van der Waals surface area contributed by atoms with E-state index in [1.54, 1.807) is 42.1 Å². The number of rotatable bonds is 6. The van der Waals surface area contributed by atoms with Crippen LogP contribution in [0.4, 0.5) is 0 Å². The predicted octanol–water partition coefficient (Wildman–Crippen LogP) is 2.61. The van der Waals surface area contributed by atoms with Crippen molar-refractivity contribution in [3.63, 3.8) is 0 Å². The minimum Gasteiger partial charge on any atom is -0.394 e. The van der Waals surface area contributed by atoms with E-state index in [0.29, 0.717) is 27.8 Å². The van der Waals surface area contributed by atoms with Crippen molar-refractivity contribution in [2.75, 3.05) is 6.61 Å². The summed E-state index contributed by atoms with van der Waals surface area (Å²) in [7, 11) is 0. The Morgan fingerprint density at radius 3 is 2.68 bits per heavy atom. The van der Waals surface area contributed by atoms with Gasteiger partial charge in [0.25, 0.3) is 5.91 Å². The van der Waals surface area contributed by atoms with Gasteiger partial charge in [-0.1, -0.05) is 25.4 Å². The lowest BCUT2D eigenvalue weighted by Crippen LogP contribution is -2.35. The molecule has 0 aliphatic rings. The molecule has 0 aliphatic heterocycles. The fourth-order valence-corrected chi connectivity index (χ4v) is 2.76. The van der Waals surface area contributed by atoms with E-state index in [9.17, 15) is 9.90 Å². The molecule has 3 rings (SSSR count). The van der Waals surface area contributed by atoms with Gasteiger partial charge in [-0.05, 0) is 47.7 Å². The van der Waals surface area contributed by atoms with Crippen LogP contribution < -0.4 is 5.32 Å². The van der Waals surface area contributed by atoms with Crippen LogP contribution in [0.25, 0.3) is 16.9 Å². The first-order chi connectivity index (χ1) is 13.4. The molecular weight excluding hydrogens is 380 g/mol. The fourth-order valence-electron chi connectivity index (χ4n) is 2.65. The molecule has 146 valence electrons. The number of carbonyl (C=O) groups is 1. The summed E-state index contributed by atoms with van der Waals surface area (Å²) in [5.41, 5.74) is 2.44. The third kappa shape index (κ3) is 4.35. The molecule has 0 spiro atoms. The average Bonchev–Trinajstić information content (AvgIpc) is 3.18. The summed E-state index contributed by atoms with van der Waals surface area (Å²) in [4.78, 5) is 17.0. The molecule has 0 unspecified atom stereocenters.